The van der Waals surface area contributed by atoms with Crippen molar-refractivity contribution >= 4 is 103 Å². The summed E-state index contributed by atoms with van der Waals surface area (Å²) < 4.78 is 35.1. The van der Waals surface area contributed by atoms with Crippen molar-refractivity contribution in [2.45, 2.75) is 92.4 Å². The quantitative estimate of drug-likeness (QED) is 0.191. The molecule has 26 heavy (non-hydrogen) atoms. The average molecular weight is 420 g/mol. The van der Waals surface area contributed by atoms with Crippen molar-refractivity contribution in [2.75, 3.05) is 7.11 Å². The van der Waals surface area contributed by atoms with Gasteiger partial charge in [0, 0.05) is 0 Å². The Morgan fingerprint density at radius 1 is 0.885 bits per heavy atom. The molecule has 0 aromatic rings. The third-order valence-electron chi connectivity index (χ3n) is 4.69. The standard InChI is InChI=1S/C17H33O5S.3Na.2H/c1-3-4-5-6-7-8-9-10-11-12-13-14-15-16(17(18)22-2)23(19,20)21;;;;;/h3-15H2,1-2H3,(H,19,20,21);;;;;. The minimum atomic E-state index is -4.40. The van der Waals surface area contributed by atoms with Gasteiger partial charge in [-0.3, -0.25) is 0 Å². The van der Waals surface area contributed by atoms with Crippen LogP contribution in [-0.2, 0) is 19.6 Å². The Morgan fingerprint density at radius 2 is 1.23 bits per heavy atom. The van der Waals surface area contributed by atoms with Crippen LogP contribution in [0.2, 0.25) is 0 Å². The predicted molar refractivity (Wildman–Crippen MR) is 112 cm³/mol. The molecule has 1 N–H and O–H groups in total. The number of unbranched alkanes of at least 4 members (excludes halogenated alkanes) is 11. The van der Waals surface area contributed by atoms with Gasteiger partial charge >= 0.3 is 205 Å². The first-order valence-corrected chi connectivity index (χ1v) is 11.8. The van der Waals surface area contributed by atoms with Gasteiger partial charge in [-0.25, -0.2) is 0 Å². The second kappa shape index (κ2) is 19.3. The Bertz CT molecular complexity index is 446. The average Bonchev–Trinajstić information content (AvgIpc) is 2.53. The molecule has 9 heteroatoms. The summed E-state index contributed by atoms with van der Waals surface area (Å²) in [6.45, 7) is 2.23. The van der Waals surface area contributed by atoms with Crippen molar-refractivity contribution in [3.05, 3.63) is 0 Å². The number of esters is 1. The zero-order valence-corrected chi connectivity index (χ0v) is 18.5. The Kier molecular flexibility index (Phi) is 24.6. The summed E-state index contributed by atoms with van der Waals surface area (Å²) in [5.41, 5.74) is 0. The first-order valence-electron chi connectivity index (χ1n) is 9.35. The van der Waals surface area contributed by atoms with Gasteiger partial charge in [-0.15, -0.1) is 0 Å². The number of methoxy groups -OCH3 is 1. The SMILES string of the molecule is CCCCCCCCCCCCCC[C]([Na])(C(=O)OC)S(=O)(=O)O.[NaH].[NaH]. The van der Waals surface area contributed by atoms with Crippen molar-refractivity contribution < 1.29 is 22.5 Å². The first kappa shape index (κ1) is 33.0. The summed E-state index contributed by atoms with van der Waals surface area (Å²) in [5.74, 6) is -0.834. The third kappa shape index (κ3) is 14.4. The Balaban J connectivity index is -0.00000264. The molecule has 5 nitrogen and oxygen atoms in total. The maximum absolute atomic E-state index is 11.7. The van der Waals surface area contributed by atoms with E-state index in [0.29, 0.717) is 6.42 Å². The maximum atomic E-state index is 11.7. The zero-order chi connectivity index (χ0) is 18.5. The molecule has 0 aromatic heterocycles. The molecule has 0 fully saturated rings. The summed E-state index contributed by atoms with van der Waals surface area (Å²) in [7, 11) is -3.25. The Hall–Kier alpha value is 2.38. The summed E-state index contributed by atoms with van der Waals surface area (Å²) in [5, 5.41) is 0. The summed E-state index contributed by atoms with van der Waals surface area (Å²) in [6.07, 6.45) is 14.3. The molecule has 0 aliphatic rings. The third-order valence-corrected chi connectivity index (χ3v) is 8.66. The van der Waals surface area contributed by atoms with E-state index in [1.165, 1.54) is 51.4 Å². The minimum absolute atomic E-state index is 0. The number of ether oxygens (including phenoxy) is 1. The van der Waals surface area contributed by atoms with Crippen LogP contribution >= 0.6 is 0 Å². The fraction of sp³-hybridized carbons (Fsp3) is 0.941. The topological polar surface area (TPSA) is 80.7 Å². The van der Waals surface area contributed by atoms with Crippen LogP contribution in [0.25, 0.3) is 0 Å². The molecule has 0 rings (SSSR count). The fourth-order valence-corrected chi connectivity index (χ4v) is 4.11. The Labute approximate surface area is 222 Å². The van der Waals surface area contributed by atoms with Crippen LogP contribution in [0.3, 0.4) is 0 Å². The van der Waals surface area contributed by atoms with Crippen LogP contribution in [-0.4, -0.2) is 115 Å². The fourth-order valence-electron chi connectivity index (χ4n) is 2.86. The molecule has 0 aliphatic heterocycles. The van der Waals surface area contributed by atoms with Crippen LogP contribution in [0.5, 0.6) is 0 Å². The van der Waals surface area contributed by atoms with Gasteiger partial charge in [-0.2, -0.15) is 0 Å². The van der Waals surface area contributed by atoms with Crippen LogP contribution in [0.1, 0.15) is 90.4 Å². The Morgan fingerprint density at radius 3 is 1.54 bits per heavy atom. The van der Waals surface area contributed by atoms with E-state index < -0.39 is 18.1 Å². The number of carbonyl (C=O) groups is 1. The monoisotopic (exact) mass is 420 g/mol. The normalized spacial score (nSPS) is 13.3. The molecule has 0 aromatic carbocycles. The number of rotatable bonds is 15. The van der Waals surface area contributed by atoms with Crippen LogP contribution < -0.4 is 0 Å². The van der Waals surface area contributed by atoms with Gasteiger partial charge in [0.1, 0.15) is 0 Å². The van der Waals surface area contributed by atoms with E-state index in [-0.39, 0.29) is 93.5 Å². The van der Waals surface area contributed by atoms with E-state index in [0.717, 1.165) is 26.4 Å². The second-order valence-electron chi connectivity index (χ2n) is 6.84. The van der Waals surface area contributed by atoms with E-state index in [1.54, 1.807) is 0 Å². The molecule has 0 spiro atoms. The van der Waals surface area contributed by atoms with Crippen molar-refractivity contribution in [3.63, 3.8) is 0 Å². The van der Waals surface area contributed by atoms with Crippen LogP contribution in [0.15, 0.2) is 0 Å². The van der Waals surface area contributed by atoms with Gasteiger partial charge < -0.3 is 0 Å². The number of carbonyl (C=O) groups excluding carboxylic acids is 1. The molecule has 0 radical (unpaired) electrons. The van der Waals surface area contributed by atoms with Gasteiger partial charge in [0.05, 0.1) is 0 Å². The molecule has 0 heterocycles. The number of hydrogen-bond donors (Lipinski definition) is 1. The van der Waals surface area contributed by atoms with Crippen LogP contribution in [0.4, 0.5) is 0 Å². The molecule has 0 saturated heterocycles. The molecular weight excluding hydrogens is 385 g/mol. The van der Waals surface area contributed by atoms with Crippen molar-refractivity contribution in [2.24, 2.45) is 0 Å². The predicted octanol–water partition coefficient (Wildman–Crippen LogP) is 2.71. The summed E-state index contributed by atoms with van der Waals surface area (Å²) >= 11 is 0.0294. The van der Waals surface area contributed by atoms with Crippen LogP contribution in [0, 0.1) is 0 Å². The van der Waals surface area contributed by atoms with Crippen molar-refractivity contribution in [3.8, 4) is 0 Å². The molecular formula is C17H35Na3O5S. The number of hydrogen-bond acceptors (Lipinski definition) is 4. The second-order valence-corrected chi connectivity index (χ2v) is 11.1. The van der Waals surface area contributed by atoms with E-state index in [2.05, 4.69) is 11.7 Å². The van der Waals surface area contributed by atoms with Gasteiger partial charge in [0.25, 0.3) is 0 Å². The summed E-state index contributed by atoms with van der Waals surface area (Å²) in [4.78, 5) is 11.7. The zero-order valence-electron chi connectivity index (χ0n) is 15.7. The van der Waals surface area contributed by atoms with Crippen molar-refractivity contribution in [1.82, 2.24) is 0 Å². The van der Waals surface area contributed by atoms with Gasteiger partial charge in [0.2, 0.25) is 0 Å². The molecule has 1 atom stereocenters. The van der Waals surface area contributed by atoms with E-state index in [9.17, 15) is 17.8 Å². The molecule has 0 amide bonds. The molecule has 142 valence electrons. The van der Waals surface area contributed by atoms with Gasteiger partial charge in [-0.1, -0.05) is 19.8 Å². The molecule has 0 aliphatic carbocycles. The van der Waals surface area contributed by atoms with Gasteiger partial charge in [0.15, 0.2) is 0 Å². The van der Waals surface area contributed by atoms with Gasteiger partial charge in [-0.05, 0) is 0 Å². The molecule has 1 unspecified atom stereocenters. The van der Waals surface area contributed by atoms with E-state index in [4.69, 9.17) is 0 Å². The van der Waals surface area contributed by atoms with E-state index >= 15 is 0 Å². The molecule has 0 bridgehead atoms. The molecule has 0 saturated carbocycles. The first-order chi connectivity index (χ1) is 11.3. The summed E-state index contributed by atoms with van der Waals surface area (Å²) in [6, 6.07) is 0. The van der Waals surface area contributed by atoms with E-state index in [1.807, 2.05) is 0 Å². The van der Waals surface area contributed by atoms with Crippen molar-refractivity contribution in [1.29, 1.82) is 0 Å².